The second kappa shape index (κ2) is 4.42. The Balaban J connectivity index is 2.60. The zero-order chi connectivity index (χ0) is 9.84. The van der Waals surface area contributed by atoms with Crippen molar-refractivity contribution in [2.24, 2.45) is 5.73 Å². The lowest BCUT2D eigenvalue weighted by Crippen LogP contribution is -2.17. The van der Waals surface area contributed by atoms with Crippen molar-refractivity contribution in [3.63, 3.8) is 0 Å². The number of nitrogens with two attached hydrogens (primary N) is 1. The van der Waals surface area contributed by atoms with Crippen molar-refractivity contribution >= 4 is 0 Å². The van der Waals surface area contributed by atoms with Gasteiger partial charge in [-0.05, 0) is 39.7 Å². The van der Waals surface area contributed by atoms with Gasteiger partial charge in [-0.3, -0.25) is 4.68 Å². The Morgan fingerprint density at radius 1 is 1.46 bits per heavy atom. The molecule has 0 aliphatic heterocycles. The number of rotatable bonds is 4. The summed E-state index contributed by atoms with van der Waals surface area (Å²) in [7, 11) is 0. The monoisotopic (exact) mass is 181 g/mol. The van der Waals surface area contributed by atoms with Crippen LogP contribution in [0.2, 0.25) is 0 Å². The maximum Gasteiger partial charge on any atom is 0.0492 e. The molecule has 3 nitrogen and oxygen atoms in total. The molecule has 13 heavy (non-hydrogen) atoms. The van der Waals surface area contributed by atoms with Crippen molar-refractivity contribution in [2.75, 3.05) is 0 Å². The van der Waals surface area contributed by atoms with Crippen LogP contribution < -0.4 is 5.73 Å². The quantitative estimate of drug-likeness (QED) is 0.769. The predicted molar refractivity (Wildman–Crippen MR) is 54.6 cm³/mol. The van der Waals surface area contributed by atoms with Gasteiger partial charge in [0, 0.05) is 24.0 Å². The number of hydrogen-bond acceptors (Lipinski definition) is 2. The second-order valence-corrected chi connectivity index (χ2v) is 3.88. The standard InChI is InChI=1S/C10H19N3/c1-8(2)13-10(6-7-12-13)5-4-9(3)11/h6-9H,4-5,11H2,1-3H3. The molecule has 0 radical (unpaired) electrons. The van der Waals surface area contributed by atoms with E-state index in [0.29, 0.717) is 6.04 Å². The lowest BCUT2D eigenvalue weighted by atomic mass is 10.1. The molecule has 1 aromatic heterocycles. The Labute approximate surface area is 79.9 Å². The van der Waals surface area contributed by atoms with Crippen molar-refractivity contribution in [1.29, 1.82) is 0 Å². The molecule has 0 spiro atoms. The highest BCUT2D eigenvalue weighted by molar-refractivity contribution is 5.01. The smallest absolute Gasteiger partial charge is 0.0492 e. The zero-order valence-corrected chi connectivity index (χ0v) is 8.70. The minimum absolute atomic E-state index is 0.274. The molecule has 0 amide bonds. The SMILES string of the molecule is CC(N)CCc1ccnn1C(C)C. The van der Waals surface area contributed by atoms with Crippen LogP contribution >= 0.6 is 0 Å². The van der Waals surface area contributed by atoms with Crippen molar-refractivity contribution in [3.05, 3.63) is 18.0 Å². The number of hydrogen-bond donors (Lipinski definition) is 1. The van der Waals surface area contributed by atoms with Gasteiger partial charge < -0.3 is 5.73 Å². The first kappa shape index (κ1) is 10.3. The third-order valence-corrected chi connectivity index (χ3v) is 2.10. The van der Waals surface area contributed by atoms with E-state index < -0.39 is 0 Å². The van der Waals surface area contributed by atoms with Crippen molar-refractivity contribution in [2.45, 2.75) is 45.7 Å². The molecule has 0 aliphatic carbocycles. The van der Waals surface area contributed by atoms with E-state index >= 15 is 0 Å². The van der Waals surface area contributed by atoms with Gasteiger partial charge in [0.15, 0.2) is 0 Å². The van der Waals surface area contributed by atoms with Gasteiger partial charge >= 0.3 is 0 Å². The molecule has 0 bridgehead atoms. The maximum absolute atomic E-state index is 5.71. The molecule has 1 aromatic rings. The third-order valence-electron chi connectivity index (χ3n) is 2.10. The van der Waals surface area contributed by atoms with Gasteiger partial charge in [-0.15, -0.1) is 0 Å². The normalized spacial score (nSPS) is 13.6. The van der Waals surface area contributed by atoms with Crippen LogP contribution in [0.1, 0.15) is 38.9 Å². The molecule has 0 saturated carbocycles. The van der Waals surface area contributed by atoms with Crippen LogP contribution in [0.3, 0.4) is 0 Å². The Morgan fingerprint density at radius 2 is 2.15 bits per heavy atom. The molecular formula is C10H19N3. The van der Waals surface area contributed by atoms with E-state index in [1.807, 2.05) is 13.1 Å². The average Bonchev–Trinajstić information content (AvgIpc) is 2.47. The fourth-order valence-corrected chi connectivity index (χ4v) is 1.38. The fraction of sp³-hybridized carbons (Fsp3) is 0.700. The average molecular weight is 181 g/mol. The maximum atomic E-state index is 5.71. The van der Waals surface area contributed by atoms with E-state index in [1.165, 1.54) is 5.69 Å². The molecule has 1 heterocycles. The first-order chi connectivity index (χ1) is 6.11. The summed E-state index contributed by atoms with van der Waals surface area (Å²) < 4.78 is 2.06. The zero-order valence-electron chi connectivity index (χ0n) is 8.70. The summed E-state index contributed by atoms with van der Waals surface area (Å²) >= 11 is 0. The van der Waals surface area contributed by atoms with Gasteiger partial charge in [0.25, 0.3) is 0 Å². The highest BCUT2D eigenvalue weighted by atomic mass is 15.3. The summed E-state index contributed by atoms with van der Waals surface area (Å²) in [5.74, 6) is 0. The summed E-state index contributed by atoms with van der Waals surface area (Å²) in [6.07, 6.45) is 3.91. The van der Waals surface area contributed by atoms with E-state index in [9.17, 15) is 0 Å². The van der Waals surface area contributed by atoms with Crippen LogP contribution in [-0.4, -0.2) is 15.8 Å². The number of aromatic nitrogens is 2. The van der Waals surface area contributed by atoms with Crippen molar-refractivity contribution < 1.29 is 0 Å². The van der Waals surface area contributed by atoms with Crippen LogP contribution in [0.25, 0.3) is 0 Å². The van der Waals surface area contributed by atoms with E-state index in [-0.39, 0.29) is 6.04 Å². The first-order valence-corrected chi connectivity index (χ1v) is 4.89. The van der Waals surface area contributed by atoms with E-state index in [1.54, 1.807) is 0 Å². The minimum Gasteiger partial charge on any atom is -0.328 e. The molecule has 0 aromatic carbocycles. The molecule has 1 atom stereocenters. The molecular weight excluding hydrogens is 162 g/mol. The Hall–Kier alpha value is -0.830. The van der Waals surface area contributed by atoms with E-state index in [2.05, 4.69) is 29.7 Å². The van der Waals surface area contributed by atoms with E-state index in [0.717, 1.165) is 12.8 Å². The van der Waals surface area contributed by atoms with Gasteiger partial charge in [0.1, 0.15) is 0 Å². The summed E-state index contributed by atoms with van der Waals surface area (Å²) in [6.45, 7) is 6.32. The van der Waals surface area contributed by atoms with E-state index in [4.69, 9.17) is 5.73 Å². The van der Waals surface area contributed by atoms with Crippen LogP contribution in [0.15, 0.2) is 12.3 Å². The lowest BCUT2D eigenvalue weighted by molar-refractivity contribution is 0.499. The van der Waals surface area contributed by atoms with Gasteiger partial charge in [0.05, 0.1) is 0 Å². The second-order valence-electron chi connectivity index (χ2n) is 3.88. The largest absolute Gasteiger partial charge is 0.328 e. The Kier molecular flexibility index (Phi) is 3.48. The molecule has 1 rings (SSSR count). The van der Waals surface area contributed by atoms with Crippen LogP contribution in [0.5, 0.6) is 0 Å². The minimum atomic E-state index is 0.274. The summed E-state index contributed by atoms with van der Waals surface area (Å²) in [5, 5.41) is 4.27. The summed E-state index contributed by atoms with van der Waals surface area (Å²) in [6, 6.07) is 2.79. The molecule has 0 aliphatic rings. The third kappa shape index (κ3) is 2.84. The fourth-order valence-electron chi connectivity index (χ4n) is 1.38. The molecule has 0 fully saturated rings. The Bertz CT molecular complexity index is 250. The molecule has 2 N–H and O–H groups in total. The van der Waals surface area contributed by atoms with Gasteiger partial charge in [-0.1, -0.05) is 0 Å². The first-order valence-electron chi connectivity index (χ1n) is 4.89. The lowest BCUT2D eigenvalue weighted by Gasteiger charge is -2.11. The van der Waals surface area contributed by atoms with Gasteiger partial charge in [-0.2, -0.15) is 5.10 Å². The predicted octanol–water partition coefficient (Wildman–Crippen LogP) is 1.74. The summed E-state index contributed by atoms with van der Waals surface area (Å²) in [4.78, 5) is 0. The number of nitrogens with zero attached hydrogens (tertiary/aromatic N) is 2. The van der Waals surface area contributed by atoms with Gasteiger partial charge in [-0.25, -0.2) is 0 Å². The molecule has 0 saturated heterocycles. The van der Waals surface area contributed by atoms with Crippen LogP contribution in [0, 0.1) is 0 Å². The highest BCUT2D eigenvalue weighted by Crippen LogP contribution is 2.10. The summed E-state index contributed by atoms with van der Waals surface area (Å²) in [5.41, 5.74) is 6.99. The number of aryl methyl sites for hydroxylation is 1. The van der Waals surface area contributed by atoms with Gasteiger partial charge in [0.2, 0.25) is 0 Å². The van der Waals surface area contributed by atoms with Crippen molar-refractivity contribution in [1.82, 2.24) is 9.78 Å². The van der Waals surface area contributed by atoms with Crippen LogP contribution in [-0.2, 0) is 6.42 Å². The topological polar surface area (TPSA) is 43.8 Å². The molecule has 74 valence electrons. The van der Waals surface area contributed by atoms with Crippen LogP contribution in [0.4, 0.5) is 0 Å². The van der Waals surface area contributed by atoms with Crippen molar-refractivity contribution in [3.8, 4) is 0 Å². The Morgan fingerprint density at radius 3 is 2.69 bits per heavy atom. The molecule has 1 unspecified atom stereocenters. The highest BCUT2D eigenvalue weighted by Gasteiger charge is 2.05. The molecule has 3 heteroatoms.